The van der Waals surface area contributed by atoms with Gasteiger partial charge in [0.05, 0.1) is 23.0 Å². The summed E-state index contributed by atoms with van der Waals surface area (Å²) < 4.78 is 0. The standard InChI is InChI=1S/C24H25N9O2/c1-13(2)23(34)30-17-8-16(9-26-11-17)15-7-14(3)19(33-29-12-27-10-15)22-31-20-18(24(35)25-4)5-6-28-21(20)32-22/h5-6,8-13H,7H2,1-4H3,(H,25,35)(H,30,34)(H,28,31,32). The van der Waals surface area contributed by atoms with E-state index < -0.39 is 0 Å². The Morgan fingerprint density at radius 1 is 1.20 bits per heavy atom. The van der Waals surface area contributed by atoms with Crippen molar-refractivity contribution in [2.45, 2.75) is 27.2 Å². The number of azo groups is 1. The fraction of sp³-hybridized carbons (Fsp3) is 0.250. The molecule has 3 aromatic heterocycles. The third-order valence-corrected chi connectivity index (χ3v) is 5.36. The van der Waals surface area contributed by atoms with Gasteiger partial charge in [-0.05, 0) is 42.2 Å². The smallest absolute Gasteiger partial charge is 0.253 e. The minimum absolute atomic E-state index is 0.0870. The number of H-pyrrole nitrogens is 1. The monoisotopic (exact) mass is 471 g/mol. The van der Waals surface area contributed by atoms with Gasteiger partial charge in [0.2, 0.25) is 5.91 Å². The number of imidazole rings is 1. The van der Waals surface area contributed by atoms with Crippen molar-refractivity contribution in [1.82, 2.24) is 25.3 Å². The first-order chi connectivity index (χ1) is 16.9. The fourth-order valence-corrected chi connectivity index (χ4v) is 3.48. The highest BCUT2D eigenvalue weighted by atomic mass is 16.2. The lowest BCUT2D eigenvalue weighted by Gasteiger charge is -2.12. The van der Waals surface area contributed by atoms with Gasteiger partial charge in [0.25, 0.3) is 5.91 Å². The average molecular weight is 472 g/mol. The number of aromatic amines is 1. The molecular formula is C24H25N9O2. The van der Waals surface area contributed by atoms with Crippen LogP contribution in [0.2, 0.25) is 0 Å². The van der Waals surface area contributed by atoms with Gasteiger partial charge >= 0.3 is 0 Å². The molecule has 0 saturated heterocycles. The summed E-state index contributed by atoms with van der Waals surface area (Å²) in [7, 11) is 1.57. The van der Waals surface area contributed by atoms with Gasteiger partial charge in [-0.25, -0.2) is 15.0 Å². The van der Waals surface area contributed by atoms with E-state index in [4.69, 9.17) is 0 Å². The number of anilines is 1. The Morgan fingerprint density at radius 2 is 2.03 bits per heavy atom. The fourth-order valence-electron chi connectivity index (χ4n) is 3.48. The van der Waals surface area contributed by atoms with E-state index in [1.165, 1.54) is 12.5 Å². The molecule has 4 heterocycles. The van der Waals surface area contributed by atoms with Crippen LogP contribution < -0.4 is 10.6 Å². The number of hydrogen-bond acceptors (Lipinski definition) is 8. The molecule has 0 aromatic carbocycles. The number of carbonyl (C=O) groups is 2. The molecule has 1 aliphatic rings. The van der Waals surface area contributed by atoms with Crippen LogP contribution in [0.3, 0.4) is 0 Å². The van der Waals surface area contributed by atoms with Crippen LogP contribution in [0, 0.1) is 5.92 Å². The van der Waals surface area contributed by atoms with Crippen LogP contribution >= 0.6 is 0 Å². The lowest BCUT2D eigenvalue weighted by atomic mass is 9.99. The number of allylic oxidation sites excluding steroid dienone is 2. The van der Waals surface area contributed by atoms with Crippen LogP contribution in [0.5, 0.6) is 0 Å². The van der Waals surface area contributed by atoms with E-state index in [1.807, 2.05) is 26.8 Å². The molecule has 0 saturated carbocycles. The maximum absolute atomic E-state index is 12.3. The number of nitrogens with zero attached hydrogens (tertiary/aromatic N) is 6. The van der Waals surface area contributed by atoms with Crippen molar-refractivity contribution in [2.24, 2.45) is 21.1 Å². The maximum Gasteiger partial charge on any atom is 0.253 e. The minimum atomic E-state index is -0.247. The van der Waals surface area contributed by atoms with Gasteiger partial charge in [-0.1, -0.05) is 13.8 Å². The normalized spacial score (nSPS) is 13.9. The number of amides is 2. The van der Waals surface area contributed by atoms with Crippen molar-refractivity contribution >= 4 is 46.3 Å². The topological polar surface area (TPSA) is 150 Å². The molecule has 0 bridgehead atoms. The zero-order chi connectivity index (χ0) is 24.9. The van der Waals surface area contributed by atoms with Crippen LogP contribution in [-0.2, 0) is 4.79 Å². The van der Waals surface area contributed by atoms with E-state index in [0.29, 0.717) is 40.4 Å². The Morgan fingerprint density at radius 3 is 2.80 bits per heavy atom. The molecule has 0 atom stereocenters. The zero-order valence-corrected chi connectivity index (χ0v) is 19.8. The van der Waals surface area contributed by atoms with Crippen molar-refractivity contribution in [1.29, 1.82) is 0 Å². The summed E-state index contributed by atoms with van der Waals surface area (Å²) in [6, 6.07) is 3.48. The largest absolute Gasteiger partial charge is 0.355 e. The van der Waals surface area contributed by atoms with Gasteiger partial charge in [-0.15, -0.1) is 10.2 Å². The summed E-state index contributed by atoms with van der Waals surface area (Å²) in [6.45, 7) is 5.58. The molecule has 4 rings (SSSR count). The predicted octanol–water partition coefficient (Wildman–Crippen LogP) is 3.96. The third kappa shape index (κ3) is 5.18. The Balaban J connectivity index is 1.71. The number of aromatic nitrogens is 4. The van der Waals surface area contributed by atoms with Gasteiger partial charge in [0.15, 0.2) is 11.5 Å². The SMILES string of the molecule is CNC(=O)c1ccnc2nc(C3=C(C)CC(c4cncc(NC(=O)C(C)C)c4)=CN=CN=N3)[nH]c12. The van der Waals surface area contributed by atoms with E-state index in [-0.39, 0.29) is 17.7 Å². The zero-order valence-electron chi connectivity index (χ0n) is 19.8. The van der Waals surface area contributed by atoms with E-state index in [9.17, 15) is 9.59 Å². The first kappa shape index (κ1) is 23.6. The summed E-state index contributed by atoms with van der Waals surface area (Å²) in [5.74, 6) is -0.0407. The van der Waals surface area contributed by atoms with Gasteiger partial charge in [-0.2, -0.15) is 0 Å². The molecular weight excluding hydrogens is 446 g/mol. The Hall–Kier alpha value is -4.54. The van der Waals surface area contributed by atoms with E-state index in [0.717, 1.165) is 16.7 Å². The summed E-state index contributed by atoms with van der Waals surface area (Å²) >= 11 is 0. The second kappa shape index (κ2) is 10.2. The molecule has 2 amide bonds. The summed E-state index contributed by atoms with van der Waals surface area (Å²) in [4.78, 5) is 44.9. The molecule has 35 heavy (non-hydrogen) atoms. The summed E-state index contributed by atoms with van der Waals surface area (Å²) in [5, 5.41) is 13.9. The van der Waals surface area contributed by atoms with Gasteiger partial charge in [-0.3, -0.25) is 14.6 Å². The van der Waals surface area contributed by atoms with Crippen molar-refractivity contribution in [2.75, 3.05) is 12.4 Å². The molecule has 0 spiro atoms. The molecule has 178 valence electrons. The number of carbonyl (C=O) groups excluding carboxylic acids is 2. The Kier molecular flexibility index (Phi) is 6.86. The van der Waals surface area contributed by atoms with E-state index in [1.54, 1.807) is 31.7 Å². The minimum Gasteiger partial charge on any atom is -0.355 e. The Labute approximate surface area is 201 Å². The number of aliphatic imine (C=N–C) groups is 1. The lowest BCUT2D eigenvalue weighted by molar-refractivity contribution is -0.118. The van der Waals surface area contributed by atoms with Crippen LogP contribution in [0.1, 0.15) is 48.9 Å². The number of hydrogen-bond donors (Lipinski definition) is 3. The van der Waals surface area contributed by atoms with E-state index in [2.05, 4.69) is 45.8 Å². The molecule has 3 N–H and O–H groups in total. The highest BCUT2D eigenvalue weighted by Gasteiger charge is 2.18. The molecule has 1 aliphatic heterocycles. The second-order valence-electron chi connectivity index (χ2n) is 8.27. The molecule has 11 nitrogen and oxygen atoms in total. The van der Waals surface area contributed by atoms with Crippen LogP contribution in [0.25, 0.3) is 22.4 Å². The maximum atomic E-state index is 12.3. The summed E-state index contributed by atoms with van der Waals surface area (Å²) in [5.41, 5.74) is 4.99. The van der Waals surface area contributed by atoms with Gasteiger partial charge in [0, 0.05) is 31.6 Å². The molecule has 0 unspecified atom stereocenters. The number of pyridine rings is 2. The molecule has 0 fully saturated rings. The highest BCUT2D eigenvalue weighted by Crippen LogP contribution is 2.30. The summed E-state index contributed by atoms with van der Waals surface area (Å²) in [6.07, 6.45) is 8.36. The number of nitrogens with one attached hydrogen (secondary N) is 3. The highest BCUT2D eigenvalue weighted by molar-refractivity contribution is 6.04. The van der Waals surface area contributed by atoms with Crippen LogP contribution in [-0.4, -0.2) is 45.1 Å². The Bertz CT molecular complexity index is 1410. The van der Waals surface area contributed by atoms with E-state index >= 15 is 0 Å². The van der Waals surface area contributed by atoms with Crippen molar-refractivity contribution in [3.05, 3.63) is 59.4 Å². The average Bonchev–Trinajstić information content (AvgIpc) is 3.31. The van der Waals surface area contributed by atoms with Crippen molar-refractivity contribution in [3.63, 3.8) is 0 Å². The number of rotatable bonds is 5. The number of fused-ring (bicyclic) bond motifs is 1. The quantitative estimate of drug-likeness (QED) is 0.515. The molecule has 0 radical (unpaired) electrons. The lowest BCUT2D eigenvalue weighted by Crippen LogP contribution is -2.18. The third-order valence-electron chi connectivity index (χ3n) is 5.36. The molecule has 3 aromatic rings. The first-order valence-corrected chi connectivity index (χ1v) is 11.0. The van der Waals surface area contributed by atoms with Gasteiger partial charge in [0.1, 0.15) is 12.0 Å². The van der Waals surface area contributed by atoms with Crippen LogP contribution in [0.4, 0.5) is 5.69 Å². The predicted molar refractivity (Wildman–Crippen MR) is 134 cm³/mol. The van der Waals surface area contributed by atoms with Crippen molar-refractivity contribution < 1.29 is 9.59 Å². The molecule has 11 heteroatoms. The second-order valence-corrected chi connectivity index (χ2v) is 8.27. The molecule has 0 aliphatic carbocycles. The first-order valence-electron chi connectivity index (χ1n) is 11.0. The van der Waals surface area contributed by atoms with Crippen LogP contribution in [0.15, 0.2) is 57.7 Å². The van der Waals surface area contributed by atoms with Gasteiger partial charge < -0.3 is 15.6 Å². The van der Waals surface area contributed by atoms with Crippen molar-refractivity contribution in [3.8, 4) is 0 Å².